The highest BCUT2D eigenvalue weighted by Gasteiger charge is 2.23. The highest BCUT2D eigenvalue weighted by Crippen LogP contribution is 2.27. The van der Waals surface area contributed by atoms with Gasteiger partial charge in [-0.1, -0.05) is 60.1 Å². The van der Waals surface area contributed by atoms with Crippen LogP contribution in [0.1, 0.15) is 53.5 Å². The van der Waals surface area contributed by atoms with Gasteiger partial charge >= 0.3 is 0 Å². The lowest BCUT2D eigenvalue weighted by Crippen LogP contribution is -2.33. The minimum Gasteiger partial charge on any atom is -0.299 e. The van der Waals surface area contributed by atoms with Gasteiger partial charge in [-0.3, -0.25) is 9.80 Å². The fourth-order valence-electron chi connectivity index (χ4n) is 6.11. The molecule has 2 aliphatic heterocycles. The summed E-state index contributed by atoms with van der Waals surface area (Å²) in [6.45, 7) is 8.07. The van der Waals surface area contributed by atoms with Crippen LogP contribution in [0.3, 0.4) is 0 Å². The van der Waals surface area contributed by atoms with Crippen LogP contribution in [-0.4, -0.2) is 50.1 Å². The Morgan fingerprint density at radius 2 is 1.44 bits per heavy atom. The van der Waals surface area contributed by atoms with Crippen LogP contribution in [0, 0.1) is 12.8 Å². The van der Waals surface area contributed by atoms with Gasteiger partial charge in [0.2, 0.25) is 0 Å². The number of aryl methyl sites for hydroxylation is 1. The maximum absolute atomic E-state index is 13.2. The topological polar surface area (TPSA) is 40.6 Å². The Labute approximate surface area is 239 Å². The van der Waals surface area contributed by atoms with Crippen molar-refractivity contribution in [3.05, 3.63) is 99.6 Å². The molecule has 0 amide bonds. The molecule has 1 saturated heterocycles. The second-order valence-electron chi connectivity index (χ2n) is 11.4. The molecule has 0 bridgehead atoms. The molecule has 208 valence electrons. The summed E-state index contributed by atoms with van der Waals surface area (Å²) in [5, 5.41) is 0.835. The van der Waals surface area contributed by atoms with Crippen molar-refractivity contribution in [2.45, 2.75) is 63.4 Å². The minimum absolute atomic E-state index is 0.241. The Morgan fingerprint density at radius 3 is 2.18 bits per heavy atom. The summed E-state index contributed by atoms with van der Waals surface area (Å²) in [5.41, 5.74) is 6.38. The smallest absolute Gasteiger partial charge is 0.178 e. The number of sulfone groups is 1. The molecule has 5 rings (SSSR count). The zero-order valence-corrected chi connectivity index (χ0v) is 24.7. The summed E-state index contributed by atoms with van der Waals surface area (Å²) in [5.74, 6) is 0.847. The number of piperidine rings is 1. The molecule has 6 heteroatoms. The summed E-state index contributed by atoms with van der Waals surface area (Å²) < 4.78 is 26.5. The number of rotatable bonds is 9. The van der Waals surface area contributed by atoms with Crippen LogP contribution >= 0.6 is 11.6 Å². The molecule has 0 saturated carbocycles. The quantitative estimate of drug-likeness (QED) is 0.289. The molecule has 1 fully saturated rings. The van der Waals surface area contributed by atoms with E-state index in [1.165, 1.54) is 27.8 Å². The molecule has 0 radical (unpaired) electrons. The van der Waals surface area contributed by atoms with E-state index in [-0.39, 0.29) is 5.75 Å². The van der Waals surface area contributed by atoms with Gasteiger partial charge in [0.25, 0.3) is 0 Å². The number of hydrogen-bond acceptors (Lipinski definition) is 4. The van der Waals surface area contributed by atoms with Crippen molar-refractivity contribution in [2.24, 2.45) is 5.92 Å². The first kappa shape index (κ1) is 28.4. The van der Waals surface area contributed by atoms with Gasteiger partial charge in [-0.2, -0.15) is 0 Å². The van der Waals surface area contributed by atoms with E-state index in [1.807, 2.05) is 30.3 Å². The van der Waals surface area contributed by atoms with Gasteiger partial charge in [-0.15, -0.1) is 0 Å². The van der Waals surface area contributed by atoms with E-state index in [0.29, 0.717) is 10.8 Å². The fourth-order valence-corrected chi connectivity index (χ4v) is 7.68. The molecule has 2 heterocycles. The summed E-state index contributed by atoms with van der Waals surface area (Å²) in [6.07, 6.45) is 5.84. The molecule has 0 spiro atoms. The van der Waals surface area contributed by atoms with Crippen molar-refractivity contribution >= 4 is 21.4 Å². The van der Waals surface area contributed by atoms with Crippen molar-refractivity contribution in [3.63, 3.8) is 0 Å². The highest BCUT2D eigenvalue weighted by molar-refractivity contribution is 7.91. The second kappa shape index (κ2) is 13.0. The van der Waals surface area contributed by atoms with Crippen LogP contribution in [0.2, 0.25) is 5.02 Å². The van der Waals surface area contributed by atoms with Gasteiger partial charge in [0.1, 0.15) is 0 Å². The first-order valence-electron chi connectivity index (χ1n) is 14.4. The number of benzene rings is 3. The maximum atomic E-state index is 13.2. The predicted molar refractivity (Wildman–Crippen MR) is 161 cm³/mol. The van der Waals surface area contributed by atoms with Crippen molar-refractivity contribution < 1.29 is 8.42 Å². The maximum Gasteiger partial charge on any atom is 0.178 e. The lowest BCUT2D eigenvalue weighted by Gasteiger charge is -2.32. The van der Waals surface area contributed by atoms with Crippen molar-refractivity contribution in [2.75, 3.05) is 31.9 Å². The lowest BCUT2D eigenvalue weighted by molar-refractivity contribution is 0.172. The number of likely N-dealkylation sites (tertiary alicyclic amines) is 1. The Morgan fingerprint density at radius 1 is 0.795 bits per heavy atom. The van der Waals surface area contributed by atoms with E-state index in [2.05, 4.69) is 53.1 Å². The summed E-state index contributed by atoms with van der Waals surface area (Å²) in [4.78, 5) is 5.46. The van der Waals surface area contributed by atoms with Crippen LogP contribution in [-0.2, 0) is 35.8 Å². The van der Waals surface area contributed by atoms with Crippen molar-refractivity contribution in [3.8, 4) is 0 Å². The zero-order valence-electron chi connectivity index (χ0n) is 23.1. The highest BCUT2D eigenvalue weighted by atomic mass is 35.5. The van der Waals surface area contributed by atoms with E-state index >= 15 is 0 Å². The third-order valence-electron chi connectivity index (χ3n) is 8.67. The van der Waals surface area contributed by atoms with Crippen molar-refractivity contribution in [1.82, 2.24) is 9.80 Å². The molecular weight excluding hydrogens is 524 g/mol. The largest absolute Gasteiger partial charge is 0.299 e. The number of halogens is 1. The average molecular weight is 565 g/mol. The van der Waals surface area contributed by atoms with Gasteiger partial charge in [0, 0.05) is 31.2 Å². The molecule has 3 aromatic rings. The van der Waals surface area contributed by atoms with Gasteiger partial charge in [-0.05, 0) is 110 Å². The third-order valence-corrected chi connectivity index (χ3v) is 10.8. The predicted octanol–water partition coefficient (Wildman–Crippen LogP) is 6.72. The van der Waals surface area contributed by atoms with Crippen LogP contribution < -0.4 is 0 Å². The average Bonchev–Trinajstić information content (AvgIpc) is 3.14. The van der Waals surface area contributed by atoms with E-state index in [1.54, 1.807) is 0 Å². The zero-order chi connectivity index (χ0) is 27.2. The Kier molecular flexibility index (Phi) is 9.44. The number of nitrogens with zero attached hydrogens (tertiary/aromatic N) is 2. The van der Waals surface area contributed by atoms with Crippen LogP contribution in [0.5, 0.6) is 0 Å². The van der Waals surface area contributed by atoms with E-state index in [0.717, 1.165) is 82.8 Å². The normalized spacial score (nSPS) is 17.6. The third kappa shape index (κ3) is 7.52. The Hall–Kier alpha value is -2.18. The first-order chi connectivity index (χ1) is 18.9. The molecule has 0 atom stereocenters. The molecule has 2 aliphatic rings. The van der Waals surface area contributed by atoms with E-state index in [4.69, 9.17) is 11.6 Å². The molecule has 0 aliphatic carbocycles. The molecule has 4 nitrogen and oxygen atoms in total. The van der Waals surface area contributed by atoms with Gasteiger partial charge in [-0.25, -0.2) is 8.42 Å². The lowest BCUT2D eigenvalue weighted by atomic mass is 9.92. The molecule has 3 aromatic carbocycles. The molecular formula is C33H41ClN2O2S. The van der Waals surface area contributed by atoms with Crippen LogP contribution in [0.15, 0.2) is 71.6 Å². The van der Waals surface area contributed by atoms with Gasteiger partial charge < -0.3 is 0 Å². The van der Waals surface area contributed by atoms with E-state index < -0.39 is 9.84 Å². The van der Waals surface area contributed by atoms with Crippen LogP contribution in [0.25, 0.3) is 0 Å². The van der Waals surface area contributed by atoms with Crippen molar-refractivity contribution in [1.29, 1.82) is 0 Å². The molecule has 0 N–H and O–H groups in total. The Bertz CT molecular complexity index is 1370. The summed E-state index contributed by atoms with van der Waals surface area (Å²) >= 11 is 6.34. The first-order valence-corrected chi connectivity index (χ1v) is 16.5. The number of hydrogen-bond donors (Lipinski definition) is 0. The van der Waals surface area contributed by atoms with E-state index in [9.17, 15) is 8.42 Å². The molecule has 39 heavy (non-hydrogen) atoms. The second-order valence-corrected chi connectivity index (χ2v) is 13.9. The SMILES string of the molecule is Cc1ccccc1CN1CCc2ccc(S(=O)(=O)CCCC3CCN(Cc4ccccc4Cl)CC3)cc2CC1. The van der Waals surface area contributed by atoms with Gasteiger partial charge in [0.15, 0.2) is 9.84 Å². The fraction of sp³-hybridized carbons (Fsp3) is 0.455. The summed E-state index contributed by atoms with van der Waals surface area (Å²) in [7, 11) is -3.27. The molecule has 0 unspecified atom stereocenters. The minimum atomic E-state index is -3.27. The Balaban J connectivity index is 1.09. The molecule has 0 aromatic heterocycles. The standard InChI is InChI=1S/C33H41ClN2O2S/c1-26-7-2-3-9-30(26)24-36-20-16-28-12-13-32(23-29(28)17-21-36)39(37,38)22-6-8-27-14-18-35(19-15-27)25-31-10-4-5-11-33(31)34/h2-5,7,9-13,23,27H,6,8,14-22,24-25H2,1H3. The monoisotopic (exact) mass is 564 g/mol. The van der Waals surface area contributed by atoms with Gasteiger partial charge in [0.05, 0.1) is 10.6 Å². The van der Waals surface area contributed by atoms with Crippen LogP contribution in [0.4, 0.5) is 0 Å². The summed E-state index contributed by atoms with van der Waals surface area (Å²) in [6, 6.07) is 22.5. The number of fused-ring (bicyclic) bond motifs is 1.